The van der Waals surface area contributed by atoms with Crippen molar-refractivity contribution < 1.29 is 4.74 Å². The molecule has 1 aromatic heterocycles. The van der Waals surface area contributed by atoms with Gasteiger partial charge in [0.2, 0.25) is 0 Å². The predicted octanol–water partition coefficient (Wildman–Crippen LogP) is 3.27. The number of aromatic nitrogens is 2. The molecule has 1 aromatic rings. The second-order valence-corrected chi connectivity index (χ2v) is 8.89. The van der Waals surface area contributed by atoms with Gasteiger partial charge in [-0.2, -0.15) is 5.10 Å². The van der Waals surface area contributed by atoms with E-state index >= 15 is 0 Å². The van der Waals surface area contributed by atoms with Gasteiger partial charge in [0, 0.05) is 43.5 Å². The lowest BCUT2D eigenvalue weighted by atomic mass is 9.85. The van der Waals surface area contributed by atoms with Gasteiger partial charge in [0.05, 0.1) is 6.20 Å². The van der Waals surface area contributed by atoms with Crippen LogP contribution in [0.15, 0.2) is 12.4 Å². The average molecular weight is 361 g/mol. The highest BCUT2D eigenvalue weighted by Gasteiger charge is 2.33. The zero-order chi connectivity index (χ0) is 17.9. The zero-order valence-electron chi connectivity index (χ0n) is 16.6. The van der Waals surface area contributed by atoms with Gasteiger partial charge in [-0.1, -0.05) is 19.8 Å². The molecule has 1 N–H and O–H groups in total. The normalized spacial score (nSPS) is 34.8. The fraction of sp³-hybridized carbons (Fsp3) is 0.857. The van der Waals surface area contributed by atoms with Crippen LogP contribution < -0.4 is 5.32 Å². The Kier molecular flexibility index (Phi) is 5.97. The Balaban J connectivity index is 1.30. The molecular weight excluding hydrogens is 324 g/mol. The first-order valence-corrected chi connectivity index (χ1v) is 10.8. The Labute approximate surface area is 158 Å². The number of piperidine rings is 1. The van der Waals surface area contributed by atoms with E-state index in [1.165, 1.54) is 63.6 Å². The van der Waals surface area contributed by atoms with Crippen molar-refractivity contribution in [1.82, 2.24) is 20.0 Å². The minimum absolute atomic E-state index is 0.162. The van der Waals surface area contributed by atoms with Gasteiger partial charge in [-0.15, -0.1) is 0 Å². The van der Waals surface area contributed by atoms with Gasteiger partial charge in [0.25, 0.3) is 0 Å². The van der Waals surface area contributed by atoms with Crippen molar-refractivity contribution in [3.63, 3.8) is 0 Å². The zero-order valence-corrected chi connectivity index (χ0v) is 16.6. The standard InChI is InChI=1S/C21H36N4O/c1-16-5-3-6-19(13-16)25-10-8-18(9-11-25)23-20-7-4-12-26-21(20)17-14-22-24(2)15-17/h14-16,18-21,23H,3-13H2,1-2H3/t16-,19-,20-,21+/m0/s1. The van der Waals surface area contributed by atoms with Crippen LogP contribution in [0.4, 0.5) is 0 Å². The van der Waals surface area contributed by atoms with E-state index in [4.69, 9.17) is 4.74 Å². The van der Waals surface area contributed by atoms with E-state index in [0.717, 1.165) is 25.0 Å². The Morgan fingerprint density at radius 2 is 1.96 bits per heavy atom. The smallest absolute Gasteiger partial charge is 0.101 e. The number of ether oxygens (including phenoxy) is 1. The molecule has 146 valence electrons. The SMILES string of the molecule is C[C@H]1CCC[C@H](N2CCC(N[C@H]3CCCO[C@@H]3c3cnn(C)c3)CC2)C1. The Morgan fingerprint density at radius 3 is 2.69 bits per heavy atom. The van der Waals surface area contributed by atoms with Crippen LogP contribution in [0.5, 0.6) is 0 Å². The molecule has 0 bridgehead atoms. The molecule has 4 atom stereocenters. The van der Waals surface area contributed by atoms with Crippen molar-refractivity contribution in [3.8, 4) is 0 Å². The fourth-order valence-corrected chi connectivity index (χ4v) is 5.34. The molecule has 3 aliphatic rings. The highest BCUT2D eigenvalue weighted by Crippen LogP contribution is 2.31. The van der Waals surface area contributed by atoms with Crippen molar-refractivity contribution in [3.05, 3.63) is 18.0 Å². The molecule has 2 aliphatic heterocycles. The minimum Gasteiger partial charge on any atom is -0.372 e. The maximum absolute atomic E-state index is 6.13. The molecule has 2 saturated heterocycles. The van der Waals surface area contributed by atoms with Crippen LogP contribution >= 0.6 is 0 Å². The third-order valence-corrected chi connectivity index (χ3v) is 6.78. The molecule has 0 amide bonds. The number of hydrogen-bond acceptors (Lipinski definition) is 4. The van der Waals surface area contributed by atoms with Crippen molar-refractivity contribution in [2.45, 2.75) is 82.5 Å². The third kappa shape index (κ3) is 4.32. The Hall–Kier alpha value is -0.910. The summed E-state index contributed by atoms with van der Waals surface area (Å²) in [6.45, 7) is 5.83. The average Bonchev–Trinajstić information content (AvgIpc) is 3.09. The van der Waals surface area contributed by atoms with E-state index < -0.39 is 0 Å². The van der Waals surface area contributed by atoms with E-state index in [1.54, 1.807) is 0 Å². The topological polar surface area (TPSA) is 42.3 Å². The van der Waals surface area contributed by atoms with Crippen molar-refractivity contribution in [2.24, 2.45) is 13.0 Å². The van der Waals surface area contributed by atoms with Crippen LogP contribution in [-0.2, 0) is 11.8 Å². The van der Waals surface area contributed by atoms with Gasteiger partial charge in [0.15, 0.2) is 0 Å². The summed E-state index contributed by atoms with van der Waals surface area (Å²) in [7, 11) is 1.98. The lowest BCUT2D eigenvalue weighted by Gasteiger charge is -2.42. The molecule has 3 heterocycles. The molecule has 26 heavy (non-hydrogen) atoms. The second-order valence-electron chi connectivity index (χ2n) is 8.89. The molecule has 5 heteroatoms. The van der Waals surface area contributed by atoms with Crippen molar-refractivity contribution >= 4 is 0 Å². The monoisotopic (exact) mass is 360 g/mol. The summed E-state index contributed by atoms with van der Waals surface area (Å²) < 4.78 is 8.02. The molecule has 0 radical (unpaired) electrons. The second kappa shape index (κ2) is 8.41. The van der Waals surface area contributed by atoms with Crippen LogP contribution in [0.25, 0.3) is 0 Å². The van der Waals surface area contributed by atoms with Gasteiger partial charge in [-0.3, -0.25) is 4.68 Å². The minimum atomic E-state index is 0.162. The summed E-state index contributed by atoms with van der Waals surface area (Å²) in [5.74, 6) is 0.921. The number of hydrogen-bond donors (Lipinski definition) is 1. The third-order valence-electron chi connectivity index (χ3n) is 6.78. The summed E-state index contributed by atoms with van der Waals surface area (Å²) in [4.78, 5) is 2.78. The highest BCUT2D eigenvalue weighted by atomic mass is 16.5. The van der Waals surface area contributed by atoms with Crippen LogP contribution in [0.3, 0.4) is 0 Å². The number of nitrogens with one attached hydrogen (secondary N) is 1. The number of aryl methyl sites for hydroxylation is 1. The Morgan fingerprint density at radius 1 is 1.12 bits per heavy atom. The first-order valence-electron chi connectivity index (χ1n) is 10.8. The summed E-state index contributed by atoms with van der Waals surface area (Å²) >= 11 is 0. The van der Waals surface area contributed by atoms with Gasteiger partial charge in [-0.25, -0.2) is 0 Å². The van der Waals surface area contributed by atoms with E-state index in [-0.39, 0.29) is 6.10 Å². The molecule has 4 rings (SSSR count). The van der Waals surface area contributed by atoms with Crippen LogP contribution in [0, 0.1) is 5.92 Å². The quantitative estimate of drug-likeness (QED) is 0.895. The van der Waals surface area contributed by atoms with Crippen molar-refractivity contribution in [2.75, 3.05) is 19.7 Å². The molecule has 5 nitrogen and oxygen atoms in total. The van der Waals surface area contributed by atoms with E-state index in [2.05, 4.69) is 28.4 Å². The molecular formula is C21H36N4O. The molecule has 1 aliphatic carbocycles. The number of likely N-dealkylation sites (tertiary alicyclic amines) is 1. The van der Waals surface area contributed by atoms with Crippen molar-refractivity contribution in [1.29, 1.82) is 0 Å². The summed E-state index contributed by atoms with van der Waals surface area (Å²) in [5, 5.41) is 8.30. The number of nitrogens with zero attached hydrogens (tertiary/aromatic N) is 3. The van der Waals surface area contributed by atoms with E-state index in [1.807, 2.05) is 17.9 Å². The van der Waals surface area contributed by atoms with E-state index in [9.17, 15) is 0 Å². The summed E-state index contributed by atoms with van der Waals surface area (Å²) in [6, 6.07) is 1.91. The van der Waals surface area contributed by atoms with Crippen LogP contribution in [0.1, 0.15) is 70.0 Å². The highest BCUT2D eigenvalue weighted by molar-refractivity contribution is 5.12. The lowest BCUT2D eigenvalue weighted by Crippen LogP contribution is -2.51. The largest absolute Gasteiger partial charge is 0.372 e. The lowest BCUT2D eigenvalue weighted by molar-refractivity contribution is -0.0173. The van der Waals surface area contributed by atoms with Gasteiger partial charge in [0.1, 0.15) is 6.10 Å². The van der Waals surface area contributed by atoms with Gasteiger partial charge in [-0.05, 0) is 57.5 Å². The maximum Gasteiger partial charge on any atom is 0.101 e. The Bertz CT molecular complexity index is 566. The number of rotatable bonds is 4. The van der Waals surface area contributed by atoms with Gasteiger partial charge >= 0.3 is 0 Å². The summed E-state index contributed by atoms with van der Waals surface area (Å²) in [6.07, 6.45) is 14.9. The van der Waals surface area contributed by atoms with Crippen LogP contribution in [-0.4, -0.2) is 52.5 Å². The molecule has 3 fully saturated rings. The first-order chi connectivity index (χ1) is 12.7. The molecule has 0 spiro atoms. The summed E-state index contributed by atoms with van der Waals surface area (Å²) in [5.41, 5.74) is 1.22. The maximum atomic E-state index is 6.13. The molecule has 1 saturated carbocycles. The van der Waals surface area contributed by atoms with Crippen LogP contribution in [0.2, 0.25) is 0 Å². The molecule has 0 unspecified atom stereocenters. The fourth-order valence-electron chi connectivity index (χ4n) is 5.34. The predicted molar refractivity (Wildman–Crippen MR) is 104 cm³/mol. The van der Waals surface area contributed by atoms with Gasteiger partial charge < -0.3 is 15.0 Å². The molecule has 0 aromatic carbocycles. The van der Waals surface area contributed by atoms with E-state index in [0.29, 0.717) is 12.1 Å². The first kappa shape index (κ1) is 18.5.